The first kappa shape index (κ1) is 27.7. The van der Waals surface area contributed by atoms with Gasteiger partial charge in [0.2, 0.25) is 5.91 Å². The Labute approximate surface area is 253 Å². The van der Waals surface area contributed by atoms with Crippen molar-refractivity contribution in [2.75, 3.05) is 26.1 Å². The molecule has 10 heteroatoms. The van der Waals surface area contributed by atoms with Crippen molar-refractivity contribution in [3.8, 4) is 5.75 Å². The molecular formula is C32H30Cl2FN3O4. The number of hydrogen-bond donors (Lipinski definition) is 2. The quantitative estimate of drug-likeness (QED) is 0.331. The van der Waals surface area contributed by atoms with E-state index in [0.717, 1.165) is 24.0 Å². The molecule has 1 spiro atoms. The van der Waals surface area contributed by atoms with Crippen molar-refractivity contribution in [1.29, 1.82) is 0 Å². The predicted molar refractivity (Wildman–Crippen MR) is 158 cm³/mol. The number of anilines is 1. The van der Waals surface area contributed by atoms with Crippen LogP contribution >= 0.6 is 23.2 Å². The molecule has 1 amide bonds. The molecule has 0 unspecified atom stereocenters. The second kappa shape index (κ2) is 10.2. The van der Waals surface area contributed by atoms with Crippen LogP contribution in [0.4, 0.5) is 10.1 Å². The number of nitrogens with one attached hydrogen (secondary N) is 2. The molecule has 4 aliphatic rings. The molecule has 0 aromatic heterocycles. The molecule has 2 N–H and O–H groups in total. The van der Waals surface area contributed by atoms with Crippen molar-refractivity contribution >= 4 is 40.8 Å². The fourth-order valence-electron chi connectivity index (χ4n) is 7.50. The Morgan fingerprint density at radius 3 is 2.67 bits per heavy atom. The SMILES string of the molecule is COC(=O)c1ccc([C@@H]2C[C@@H]3[C@H](N2)[C@H](c2cccc(Cl)c2F)[C@@]2(C(=O)Nc4cc(Cl)ccc42)N3CC2CC2)cc1OC. The van der Waals surface area contributed by atoms with Gasteiger partial charge in [0.05, 0.1) is 19.2 Å². The van der Waals surface area contributed by atoms with Crippen LogP contribution in [0.15, 0.2) is 54.6 Å². The summed E-state index contributed by atoms with van der Waals surface area (Å²) < 4.78 is 26.4. The summed E-state index contributed by atoms with van der Waals surface area (Å²) in [5, 5.41) is 7.42. The molecule has 0 radical (unpaired) electrons. The first-order chi connectivity index (χ1) is 20.3. The maximum Gasteiger partial charge on any atom is 0.341 e. The molecule has 3 fully saturated rings. The fraction of sp³-hybridized carbons (Fsp3) is 0.375. The number of ether oxygens (including phenoxy) is 2. The van der Waals surface area contributed by atoms with Crippen LogP contribution in [0.2, 0.25) is 10.0 Å². The van der Waals surface area contributed by atoms with Crippen molar-refractivity contribution in [3.63, 3.8) is 0 Å². The van der Waals surface area contributed by atoms with Gasteiger partial charge in [-0.05, 0) is 66.6 Å². The zero-order valence-corrected chi connectivity index (χ0v) is 24.6. The average molecular weight is 611 g/mol. The molecule has 3 heterocycles. The Balaban J connectivity index is 1.38. The van der Waals surface area contributed by atoms with Gasteiger partial charge in [0.25, 0.3) is 0 Å². The Kier molecular flexibility index (Phi) is 6.73. The number of amides is 1. The highest BCUT2D eigenvalue weighted by atomic mass is 35.5. The van der Waals surface area contributed by atoms with E-state index >= 15 is 4.39 Å². The monoisotopic (exact) mass is 609 g/mol. The lowest BCUT2D eigenvalue weighted by atomic mass is 9.73. The van der Waals surface area contributed by atoms with E-state index in [1.54, 1.807) is 30.3 Å². The van der Waals surface area contributed by atoms with Crippen LogP contribution in [0.3, 0.4) is 0 Å². The van der Waals surface area contributed by atoms with E-state index in [1.165, 1.54) is 20.3 Å². The third-order valence-electron chi connectivity index (χ3n) is 9.44. The Hall–Kier alpha value is -3.17. The first-order valence-corrected chi connectivity index (χ1v) is 14.9. The van der Waals surface area contributed by atoms with Crippen molar-refractivity contribution in [2.24, 2.45) is 5.92 Å². The van der Waals surface area contributed by atoms with E-state index in [-0.39, 0.29) is 29.1 Å². The maximum absolute atomic E-state index is 16.0. The van der Waals surface area contributed by atoms with Crippen LogP contribution in [0.5, 0.6) is 5.75 Å². The van der Waals surface area contributed by atoms with E-state index in [2.05, 4.69) is 15.5 Å². The highest BCUT2D eigenvalue weighted by Gasteiger charge is 2.69. The minimum Gasteiger partial charge on any atom is -0.496 e. The summed E-state index contributed by atoms with van der Waals surface area (Å²) in [6, 6.07) is 15.4. The summed E-state index contributed by atoms with van der Waals surface area (Å²) in [6.07, 6.45) is 2.87. The first-order valence-electron chi connectivity index (χ1n) is 14.1. The van der Waals surface area contributed by atoms with Gasteiger partial charge in [-0.3, -0.25) is 9.69 Å². The smallest absolute Gasteiger partial charge is 0.341 e. The second-order valence-corrected chi connectivity index (χ2v) is 12.5. The standard InChI is InChI=1S/C32H30Cl2FN3O4/c1-41-26-12-17(8-10-19(26)30(39)42-2)23-14-25-29(36-23)27(20-4-3-5-22(34)28(20)35)32(38(25)15-16-6-7-16)21-11-9-18(33)13-24(21)37-31(32)40/h3-5,8-13,16,23,25,27,29,36H,6-7,14-15H2,1-2H3,(H,37,40)/t23-,25+,27-,29-,32-/m0/s1. The molecular weight excluding hydrogens is 580 g/mol. The summed E-state index contributed by atoms with van der Waals surface area (Å²) in [7, 11) is 2.85. The summed E-state index contributed by atoms with van der Waals surface area (Å²) in [5.74, 6) is -0.865. The zero-order chi connectivity index (χ0) is 29.3. The number of methoxy groups -OCH3 is 2. The normalized spacial score (nSPS) is 28.1. The fourth-order valence-corrected chi connectivity index (χ4v) is 7.85. The van der Waals surface area contributed by atoms with Crippen LogP contribution in [0.25, 0.3) is 0 Å². The number of carbonyl (C=O) groups is 2. The molecule has 1 aliphatic carbocycles. The van der Waals surface area contributed by atoms with Crippen molar-refractivity contribution < 1.29 is 23.5 Å². The summed E-state index contributed by atoms with van der Waals surface area (Å²) in [4.78, 5) is 28.9. The van der Waals surface area contributed by atoms with Crippen molar-refractivity contribution in [2.45, 2.75) is 48.8 Å². The topological polar surface area (TPSA) is 79.9 Å². The highest BCUT2D eigenvalue weighted by Crippen LogP contribution is 2.61. The number of benzene rings is 3. The molecule has 3 aromatic carbocycles. The molecule has 5 atom stereocenters. The molecule has 3 aliphatic heterocycles. The highest BCUT2D eigenvalue weighted by molar-refractivity contribution is 6.31. The van der Waals surface area contributed by atoms with E-state index in [4.69, 9.17) is 32.7 Å². The van der Waals surface area contributed by atoms with Gasteiger partial charge in [-0.15, -0.1) is 0 Å². The van der Waals surface area contributed by atoms with E-state index < -0.39 is 23.2 Å². The van der Waals surface area contributed by atoms with Crippen LogP contribution in [0, 0.1) is 11.7 Å². The van der Waals surface area contributed by atoms with Gasteiger partial charge in [0.15, 0.2) is 0 Å². The Bertz CT molecular complexity index is 1610. The van der Waals surface area contributed by atoms with E-state index in [1.807, 2.05) is 18.2 Å². The summed E-state index contributed by atoms with van der Waals surface area (Å²) in [6.45, 7) is 0.717. The number of carbonyl (C=O) groups excluding carboxylic acids is 2. The van der Waals surface area contributed by atoms with E-state index in [9.17, 15) is 9.59 Å². The van der Waals surface area contributed by atoms with Crippen LogP contribution in [-0.4, -0.2) is 49.6 Å². The summed E-state index contributed by atoms with van der Waals surface area (Å²) in [5.41, 5.74) is 1.99. The van der Waals surface area contributed by atoms with Gasteiger partial charge < -0.3 is 20.1 Å². The number of fused-ring (bicyclic) bond motifs is 3. The van der Waals surface area contributed by atoms with Gasteiger partial charge in [-0.1, -0.05) is 47.5 Å². The van der Waals surface area contributed by atoms with E-state index in [0.29, 0.717) is 46.5 Å². The predicted octanol–water partition coefficient (Wildman–Crippen LogP) is 6.06. The number of esters is 1. The maximum atomic E-state index is 16.0. The molecule has 7 nitrogen and oxygen atoms in total. The number of nitrogens with zero attached hydrogens (tertiary/aromatic N) is 1. The third-order valence-corrected chi connectivity index (χ3v) is 9.96. The Morgan fingerprint density at radius 1 is 1.12 bits per heavy atom. The average Bonchev–Trinajstić information content (AvgIpc) is 3.55. The lowest BCUT2D eigenvalue weighted by Gasteiger charge is -2.41. The minimum absolute atomic E-state index is 0.0206. The van der Waals surface area contributed by atoms with Gasteiger partial charge in [0.1, 0.15) is 22.7 Å². The number of likely N-dealkylation sites (tertiary alicyclic amines) is 1. The largest absolute Gasteiger partial charge is 0.496 e. The zero-order valence-electron chi connectivity index (χ0n) is 23.1. The molecule has 218 valence electrons. The van der Waals surface area contributed by atoms with Gasteiger partial charge in [-0.25, -0.2) is 9.18 Å². The minimum atomic E-state index is -1.15. The van der Waals surface area contributed by atoms with Crippen LogP contribution in [-0.2, 0) is 15.1 Å². The van der Waals surface area contributed by atoms with Crippen LogP contribution in [0.1, 0.15) is 58.3 Å². The second-order valence-electron chi connectivity index (χ2n) is 11.6. The lowest BCUT2D eigenvalue weighted by molar-refractivity contribution is -0.128. The van der Waals surface area contributed by atoms with Crippen LogP contribution < -0.4 is 15.4 Å². The molecule has 0 bridgehead atoms. The van der Waals surface area contributed by atoms with Gasteiger partial charge in [0, 0.05) is 46.9 Å². The number of hydrogen-bond acceptors (Lipinski definition) is 6. The third kappa shape index (κ3) is 4.07. The molecule has 2 saturated heterocycles. The lowest BCUT2D eigenvalue weighted by Crippen LogP contribution is -2.53. The number of rotatable bonds is 6. The molecule has 3 aromatic rings. The number of halogens is 3. The summed E-state index contributed by atoms with van der Waals surface area (Å²) >= 11 is 12.7. The molecule has 42 heavy (non-hydrogen) atoms. The Morgan fingerprint density at radius 2 is 1.93 bits per heavy atom. The molecule has 7 rings (SSSR count). The molecule has 1 saturated carbocycles. The van der Waals surface area contributed by atoms with Gasteiger partial charge in [-0.2, -0.15) is 0 Å². The van der Waals surface area contributed by atoms with Gasteiger partial charge >= 0.3 is 5.97 Å². The van der Waals surface area contributed by atoms with Crippen molar-refractivity contribution in [3.05, 3.63) is 92.7 Å². The van der Waals surface area contributed by atoms with Crippen molar-refractivity contribution in [1.82, 2.24) is 10.2 Å².